The lowest BCUT2D eigenvalue weighted by Crippen LogP contribution is -2.37. The van der Waals surface area contributed by atoms with Crippen molar-refractivity contribution in [1.82, 2.24) is 15.5 Å². The molecule has 7 heteroatoms. The molecule has 5 nitrogen and oxygen atoms in total. The van der Waals surface area contributed by atoms with E-state index >= 15 is 0 Å². The topological polar surface area (TPSA) is 61.0 Å². The van der Waals surface area contributed by atoms with Gasteiger partial charge in [-0.25, -0.2) is 4.39 Å². The molecule has 1 fully saturated rings. The lowest BCUT2D eigenvalue weighted by Gasteiger charge is -2.16. The average Bonchev–Trinajstić information content (AvgIpc) is 3.32. The first-order valence-electron chi connectivity index (χ1n) is 8.71. The number of carbonyl (C=O) groups excluding carboxylic acids is 1. The number of anilines is 1. The highest BCUT2D eigenvalue weighted by molar-refractivity contribution is 6.30. The predicted octanol–water partition coefficient (Wildman–Crippen LogP) is 3.88. The maximum absolute atomic E-state index is 13.3. The summed E-state index contributed by atoms with van der Waals surface area (Å²) in [7, 11) is 0. The van der Waals surface area contributed by atoms with E-state index in [1.54, 1.807) is 6.07 Å². The average molecular weight is 385 g/mol. The third-order valence-corrected chi connectivity index (χ3v) is 4.91. The number of carbonyl (C=O) groups is 1. The van der Waals surface area contributed by atoms with Gasteiger partial charge in [-0.2, -0.15) is 5.10 Å². The number of aromatic nitrogens is 2. The van der Waals surface area contributed by atoms with Crippen LogP contribution in [0.5, 0.6) is 0 Å². The Balaban J connectivity index is 1.40. The molecular formula is C20H18ClFN4O. The van der Waals surface area contributed by atoms with Crippen LogP contribution in [0.2, 0.25) is 5.02 Å². The summed E-state index contributed by atoms with van der Waals surface area (Å²) in [6.07, 6.45) is 0.810. The van der Waals surface area contributed by atoms with Crippen LogP contribution in [-0.2, 0) is 0 Å². The molecule has 138 valence electrons. The SMILES string of the molecule is O=C(N[C@@H]1CCN(c2cc(-c3ccc(Cl)cc3)[nH]n2)C1)c1cccc(F)c1. The summed E-state index contributed by atoms with van der Waals surface area (Å²) in [6.45, 7) is 1.45. The Bertz CT molecular complexity index is 957. The van der Waals surface area contributed by atoms with E-state index in [2.05, 4.69) is 20.4 Å². The molecule has 0 bridgehead atoms. The second-order valence-corrected chi connectivity index (χ2v) is 7.00. The smallest absolute Gasteiger partial charge is 0.251 e. The molecule has 1 aliphatic rings. The second-order valence-electron chi connectivity index (χ2n) is 6.56. The normalized spacial score (nSPS) is 16.5. The molecule has 1 aliphatic heterocycles. The Labute approximate surface area is 161 Å². The van der Waals surface area contributed by atoms with Gasteiger partial charge >= 0.3 is 0 Å². The molecule has 1 atom stereocenters. The fourth-order valence-corrected chi connectivity index (χ4v) is 3.36. The van der Waals surface area contributed by atoms with Crippen LogP contribution < -0.4 is 10.2 Å². The van der Waals surface area contributed by atoms with E-state index in [0.717, 1.165) is 30.0 Å². The minimum Gasteiger partial charge on any atom is -0.353 e. The van der Waals surface area contributed by atoms with Gasteiger partial charge in [0, 0.05) is 35.8 Å². The third-order valence-electron chi connectivity index (χ3n) is 4.65. The van der Waals surface area contributed by atoms with Gasteiger partial charge in [0.15, 0.2) is 5.82 Å². The van der Waals surface area contributed by atoms with Crippen molar-refractivity contribution >= 4 is 23.3 Å². The van der Waals surface area contributed by atoms with Gasteiger partial charge < -0.3 is 10.2 Å². The lowest BCUT2D eigenvalue weighted by molar-refractivity contribution is 0.0940. The summed E-state index contributed by atoms with van der Waals surface area (Å²) < 4.78 is 13.3. The molecule has 4 rings (SSSR count). The van der Waals surface area contributed by atoms with E-state index in [0.29, 0.717) is 17.1 Å². The quantitative estimate of drug-likeness (QED) is 0.717. The van der Waals surface area contributed by atoms with Crippen LogP contribution >= 0.6 is 11.6 Å². The fourth-order valence-electron chi connectivity index (χ4n) is 3.24. The molecule has 0 spiro atoms. The molecular weight excluding hydrogens is 367 g/mol. The minimum absolute atomic E-state index is 0.00329. The first-order chi connectivity index (χ1) is 13.1. The van der Waals surface area contributed by atoms with E-state index in [9.17, 15) is 9.18 Å². The van der Waals surface area contributed by atoms with Crippen LogP contribution in [0, 0.1) is 5.82 Å². The monoisotopic (exact) mass is 384 g/mol. The standard InChI is InChI=1S/C20H18ClFN4O/c21-15-6-4-13(5-7-15)18-11-19(25-24-18)26-9-8-17(12-26)23-20(27)14-2-1-3-16(22)10-14/h1-7,10-11,17H,8-9,12H2,(H,23,27)(H,24,25)/t17-/m1/s1. The first-order valence-corrected chi connectivity index (χ1v) is 9.09. The molecule has 27 heavy (non-hydrogen) atoms. The Morgan fingerprint density at radius 3 is 2.81 bits per heavy atom. The molecule has 0 radical (unpaired) electrons. The van der Waals surface area contributed by atoms with Crippen LogP contribution in [0.15, 0.2) is 54.6 Å². The molecule has 1 amide bonds. The maximum Gasteiger partial charge on any atom is 0.251 e. The van der Waals surface area contributed by atoms with E-state index in [1.165, 1.54) is 18.2 Å². The number of benzene rings is 2. The Hall–Kier alpha value is -2.86. The molecule has 2 N–H and O–H groups in total. The highest BCUT2D eigenvalue weighted by Crippen LogP contribution is 2.25. The maximum atomic E-state index is 13.3. The number of amides is 1. The largest absolute Gasteiger partial charge is 0.353 e. The fraction of sp³-hybridized carbons (Fsp3) is 0.200. The number of nitrogens with one attached hydrogen (secondary N) is 2. The summed E-state index contributed by atoms with van der Waals surface area (Å²) in [4.78, 5) is 14.4. The van der Waals surface area contributed by atoms with Crippen molar-refractivity contribution in [3.8, 4) is 11.3 Å². The second kappa shape index (κ2) is 7.40. The molecule has 3 aromatic rings. The van der Waals surface area contributed by atoms with E-state index in [1.807, 2.05) is 30.3 Å². The van der Waals surface area contributed by atoms with Crippen molar-refractivity contribution in [3.05, 3.63) is 71.0 Å². The number of halogens is 2. The predicted molar refractivity (Wildman–Crippen MR) is 104 cm³/mol. The van der Waals surface area contributed by atoms with Crippen molar-refractivity contribution in [2.24, 2.45) is 0 Å². The van der Waals surface area contributed by atoms with Gasteiger partial charge in [0.05, 0.1) is 5.69 Å². The third kappa shape index (κ3) is 3.95. The van der Waals surface area contributed by atoms with Crippen molar-refractivity contribution in [3.63, 3.8) is 0 Å². The van der Waals surface area contributed by atoms with Crippen LogP contribution in [0.1, 0.15) is 16.8 Å². The van der Waals surface area contributed by atoms with Gasteiger partial charge in [0.25, 0.3) is 5.91 Å². The Kier molecular flexibility index (Phi) is 4.81. The van der Waals surface area contributed by atoms with Crippen LogP contribution in [-0.4, -0.2) is 35.2 Å². The summed E-state index contributed by atoms with van der Waals surface area (Å²) in [5, 5.41) is 11.1. The van der Waals surface area contributed by atoms with Crippen LogP contribution in [0.4, 0.5) is 10.2 Å². The zero-order chi connectivity index (χ0) is 18.8. The number of hydrogen-bond donors (Lipinski definition) is 2. The number of H-pyrrole nitrogens is 1. The van der Waals surface area contributed by atoms with E-state index in [4.69, 9.17) is 11.6 Å². The number of nitrogens with zero attached hydrogens (tertiary/aromatic N) is 2. The lowest BCUT2D eigenvalue weighted by atomic mass is 10.1. The van der Waals surface area contributed by atoms with Crippen molar-refractivity contribution in [2.45, 2.75) is 12.5 Å². The number of aromatic amines is 1. The molecule has 2 heterocycles. The van der Waals surface area contributed by atoms with E-state index < -0.39 is 5.82 Å². The van der Waals surface area contributed by atoms with Crippen molar-refractivity contribution in [2.75, 3.05) is 18.0 Å². The molecule has 0 saturated carbocycles. The number of rotatable bonds is 4. The highest BCUT2D eigenvalue weighted by atomic mass is 35.5. The zero-order valence-electron chi connectivity index (χ0n) is 14.5. The van der Waals surface area contributed by atoms with Gasteiger partial charge in [-0.1, -0.05) is 29.8 Å². The number of hydrogen-bond acceptors (Lipinski definition) is 3. The summed E-state index contributed by atoms with van der Waals surface area (Å²) in [5.74, 6) is 0.162. The Morgan fingerprint density at radius 1 is 1.22 bits per heavy atom. The van der Waals surface area contributed by atoms with Gasteiger partial charge in [0.2, 0.25) is 0 Å². The van der Waals surface area contributed by atoms with E-state index in [-0.39, 0.29) is 11.9 Å². The highest BCUT2D eigenvalue weighted by Gasteiger charge is 2.26. The molecule has 1 saturated heterocycles. The van der Waals surface area contributed by atoms with Crippen LogP contribution in [0.3, 0.4) is 0 Å². The van der Waals surface area contributed by atoms with Crippen LogP contribution in [0.25, 0.3) is 11.3 Å². The first kappa shape index (κ1) is 17.5. The zero-order valence-corrected chi connectivity index (χ0v) is 15.2. The summed E-state index contributed by atoms with van der Waals surface area (Å²) >= 11 is 5.93. The molecule has 2 aromatic carbocycles. The molecule has 1 aromatic heterocycles. The van der Waals surface area contributed by atoms with Gasteiger partial charge in [-0.3, -0.25) is 9.89 Å². The minimum atomic E-state index is -0.415. The Morgan fingerprint density at radius 2 is 2.04 bits per heavy atom. The van der Waals surface area contributed by atoms with Gasteiger partial charge in [0.1, 0.15) is 5.82 Å². The van der Waals surface area contributed by atoms with Crippen molar-refractivity contribution in [1.29, 1.82) is 0 Å². The molecule has 0 unspecified atom stereocenters. The van der Waals surface area contributed by atoms with Gasteiger partial charge in [-0.05, 0) is 42.3 Å². The van der Waals surface area contributed by atoms with Gasteiger partial charge in [-0.15, -0.1) is 0 Å². The summed E-state index contributed by atoms with van der Waals surface area (Å²) in [5.41, 5.74) is 2.25. The molecule has 0 aliphatic carbocycles. The van der Waals surface area contributed by atoms with Crippen molar-refractivity contribution < 1.29 is 9.18 Å². The summed E-state index contributed by atoms with van der Waals surface area (Å²) in [6, 6.07) is 15.2.